The van der Waals surface area contributed by atoms with E-state index in [4.69, 9.17) is 0 Å². The van der Waals surface area contributed by atoms with Crippen molar-refractivity contribution in [2.75, 3.05) is 0 Å². The fourth-order valence-corrected chi connectivity index (χ4v) is 2.27. The van der Waals surface area contributed by atoms with Crippen molar-refractivity contribution >= 4 is 11.0 Å². The van der Waals surface area contributed by atoms with Crippen molar-refractivity contribution in [1.29, 1.82) is 0 Å². The molecule has 3 nitrogen and oxygen atoms in total. The highest BCUT2D eigenvalue weighted by Crippen LogP contribution is 2.23. The molecule has 1 aromatic carbocycles. The fourth-order valence-electron chi connectivity index (χ4n) is 2.27. The Bertz CT molecular complexity index is 611. The van der Waals surface area contributed by atoms with Gasteiger partial charge in [-0.05, 0) is 29.5 Å². The summed E-state index contributed by atoms with van der Waals surface area (Å²) in [6.45, 7) is 6.67. The average Bonchev–Trinajstić information content (AvgIpc) is 2.42. The largest absolute Gasteiger partial charge is 0.328 e. The number of fused-ring (bicyclic) bond motifs is 1. The predicted octanol–water partition coefficient (Wildman–Crippen LogP) is 2.47. The van der Waals surface area contributed by atoms with Gasteiger partial charge in [0, 0.05) is 14.1 Å². The number of aromatic nitrogens is 2. The summed E-state index contributed by atoms with van der Waals surface area (Å²) in [7, 11) is 3.64. The Labute approximate surface area is 102 Å². The number of hydrogen-bond acceptors (Lipinski definition) is 1. The third-order valence-electron chi connectivity index (χ3n) is 3.07. The van der Waals surface area contributed by atoms with Gasteiger partial charge in [0.25, 0.3) is 0 Å². The predicted molar refractivity (Wildman–Crippen MR) is 71.3 cm³/mol. The van der Waals surface area contributed by atoms with E-state index in [1.54, 1.807) is 9.13 Å². The first kappa shape index (κ1) is 12.0. The zero-order chi connectivity index (χ0) is 12.8. The van der Waals surface area contributed by atoms with Gasteiger partial charge in [-0.15, -0.1) is 0 Å². The van der Waals surface area contributed by atoms with Gasteiger partial charge in [-0.2, -0.15) is 0 Å². The van der Waals surface area contributed by atoms with Crippen molar-refractivity contribution in [2.45, 2.75) is 27.2 Å². The zero-order valence-corrected chi connectivity index (χ0v) is 11.2. The molecule has 0 aliphatic rings. The maximum Gasteiger partial charge on any atom is 0.328 e. The summed E-state index contributed by atoms with van der Waals surface area (Å²) >= 11 is 0. The molecule has 1 heterocycles. The van der Waals surface area contributed by atoms with E-state index in [1.165, 1.54) is 5.56 Å². The van der Waals surface area contributed by atoms with Crippen molar-refractivity contribution in [2.24, 2.45) is 19.5 Å². The first-order valence-electron chi connectivity index (χ1n) is 5.94. The summed E-state index contributed by atoms with van der Waals surface area (Å²) in [5.74, 6) is 0. The second kappa shape index (κ2) is 3.76. The summed E-state index contributed by atoms with van der Waals surface area (Å²) in [6, 6.07) is 6.28. The quantitative estimate of drug-likeness (QED) is 0.742. The van der Waals surface area contributed by atoms with E-state index in [2.05, 4.69) is 32.9 Å². The van der Waals surface area contributed by atoms with Gasteiger partial charge in [0.05, 0.1) is 11.0 Å². The molecule has 0 aliphatic heterocycles. The Balaban J connectivity index is 2.59. The fraction of sp³-hybridized carbons (Fsp3) is 0.500. The van der Waals surface area contributed by atoms with Crippen LogP contribution in [-0.4, -0.2) is 9.13 Å². The molecule has 0 spiro atoms. The zero-order valence-electron chi connectivity index (χ0n) is 11.2. The molecule has 17 heavy (non-hydrogen) atoms. The highest BCUT2D eigenvalue weighted by molar-refractivity contribution is 5.76. The summed E-state index contributed by atoms with van der Waals surface area (Å²) < 4.78 is 3.40. The smallest absolute Gasteiger partial charge is 0.295 e. The van der Waals surface area contributed by atoms with Crippen LogP contribution in [0.4, 0.5) is 0 Å². The second-order valence-electron chi connectivity index (χ2n) is 5.96. The van der Waals surface area contributed by atoms with Crippen LogP contribution in [0, 0.1) is 5.41 Å². The lowest BCUT2D eigenvalue weighted by Gasteiger charge is -2.18. The van der Waals surface area contributed by atoms with Crippen molar-refractivity contribution in [3.05, 3.63) is 34.2 Å². The highest BCUT2D eigenvalue weighted by atomic mass is 16.1. The van der Waals surface area contributed by atoms with Gasteiger partial charge in [-0.3, -0.25) is 9.13 Å². The standard InChI is InChI=1S/C14H20N2O/c1-14(2,3)9-10-6-7-11-12(8-10)16(5)13(17)15(11)4/h6-8H,9H2,1-5H3. The van der Waals surface area contributed by atoms with E-state index in [0.717, 1.165) is 17.5 Å². The topological polar surface area (TPSA) is 26.9 Å². The Kier molecular flexibility index (Phi) is 2.64. The average molecular weight is 232 g/mol. The minimum atomic E-state index is 0.0351. The van der Waals surface area contributed by atoms with Crippen molar-refractivity contribution in [3.8, 4) is 0 Å². The van der Waals surface area contributed by atoms with Crippen LogP contribution in [0.3, 0.4) is 0 Å². The number of aryl methyl sites for hydroxylation is 2. The third kappa shape index (κ3) is 2.14. The van der Waals surface area contributed by atoms with E-state index >= 15 is 0 Å². The lowest BCUT2D eigenvalue weighted by Crippen LogP contribution is -2.19. The molecule has 0 radical (unpaired) electrons. The molecule has 0 N–H and O–H groups in total. The van der Waals surface area contributed by atoms with Gasteiger partial charge in [-0.1, -0.05) is 26.8 Å². The minimum Gasteiger partial charge on any atom is -0.295 e. The van der Waals surface area contributed by atoms with Crippen LogP contribution in [0.5, 0.6) is 0 Å². The molecule has 2 rings (SSSR count). The van der Waals surface area contributed by atoms with Crippen LogP contribution in [0.15, 0.2) is 23.0 Å². The van der Waals surface area contributed by atoms with Crippen LogP contribution >= 0.6 is 0 Å². The number of benzene rings is 1. The normalized spacial score (nSPS) is 12.3. The van der Waals surface area contributed by atoms with E-state index in [0.29, 0.717) is 0 Å². The number of imidazole rings is 1. The minimum absolute atomic E-state index is 0.0351. The Morgan fingerprint density at radius 1 is 1.06 bits per heavy atom. The molecule has 2 aromatic rings. The Morgan fingerprint density at radius 2 is 1.65 bits per heavy atom. The molecule has 0 unspecified atom stereocenters. The van der Waals surface area contributed by atoms with Crippen molar-refractivity contribution < 1.29 is 0 Å². The van der Waals surface area contributed by atoms with Gasteiger partial charge in [-0.25, -0.2) is 4.79 Å². The molecular weight excluding hydrogens is 212 g/mol. The van der Waals surface area contributed by atoms with Gasteiger partial charge >= 0.3 is 5.69 Å². The molecular formula is C14H20N2O. The van der Waals surface area contributed by atoms with Crippen molar-refractivity contribution in [3.63, 3.8) is 0 Å². The van der Waals surface area contributed by atoms with Crippen LogP contribution < -0.4 is 5.69 Å². The third-order valence-corrected chi connectivity index (χ3v) is 3.07. The van der Waals surface area contributed by atoms with Gasteiger partial charge < -0.3 is 0 Å². The molecule has 0 aliphatic carbocycles. The molecule has 0 atom stereocenters. The number of rotatable bonds is 1. The highest BCUT2D eigenvalue weighted by Gasteiger charge is 2.13. The maximum absolute atomic E-state index is 11.8. The summed E-state index contributed by atoms with van der Waals surface area (Å²) in [4.78, 5) is 11.8. The molecule has 0 saturated carbocycles. The summed E-state index contributed by atoms with van der Waals surface area (Å²) in [5.41, 5.74) is 3.59. The van der Waals surface area contributed by atoms with Crippen molar-refractivity contribution in [1.82, 2.24) is 9.13 Å². The first-order valence-corrected chi connectivity index (χ1v) is 5.94. The molecule has 0 fully saturated rings. The molecule has 0 saturated heterocycles. The lowest BCUT2D eigenvalue weighted by molar-refractivity contribution is 0.411. The Morgan fingerprint density at radius 3 is 2.24 bits per heavy atom. The van der Waals surface area contributed by atoms with E-state index in [9.17, 15) is 4.79 Å². The SMILES string of the molecule is Cn1c(=O)n(C)c2cc(CC(C)(C)C)ccc21. The monoisotopic (exact) mass is 232 g/mol. The molecule has 0 bridgehead atoms. The van der Waals surface area contributed by atoms with Gasteiger partial charge in [0.2, 0.25) is 0 Å². The lowest BCUT2D eigenvalue weighted by atomic mass is 9.88. The van der Waals surface area contributed by atoms with E-state index in [1.807, 2.05) is 20.2 Å². The molecule has 0 amide bonds. The van der Waals surface area contributed by atoms with Crippen LogP contribution in [0.25, 0.3) is 11.0 Å². The van der Waals surface area contributed by atoms with Crippen LogP contribution in [0.2, 0.25) is 0 Å². The molecule has 92 valence electrons. The van der Waals surface area contributed by atoms with Crippen LogP contribution in [-0.2, 0) is 20.5 Å². The molecule has 1 aromatic heterocycles. The second-order valence-corrected chi connectivity index (χ2v) is 5.96. The van der Waals surface area contributed by atoms with Crippen LogP contribution in [0.1, 0.15) is 26.3 Å². The number of hydrogen-bond donors (Lipinski definition) is 0. The van der Waals surface area contributed by atoms with E-state index in [-0.39, 0.29) is 11.1 Å². The maximum atomic E-state index is 11.8. The summed E-state index contributed by atoms with van der Waals surface area (Å²) in [6.07, 6.45) is 1.02. The molecule has 3 heteroatoms. The Hall–Kier alpha value is -1.51. The summed E-state index contributed by atoms with van der Waals surface area (Å²) in [5, 5.41) is 0. The van der Waals surface area contributed by atoms with E-state index < -0.39 is 0 Å². The number of nitrogens with zero attached hydrogens (tertiary/aromatic N) is 2. The van der Waals surface area contributed by atoms with Gasteiger partial charge in [0.15, 0.2) is 0 Å². The first-order chi connectivity index (χ1) is 7.79. The van der Waals surface area contributed by atoms with Gasteiger partial charge in [0.1, 0.15) is 0 Å².